The van der Waals surface area contributed by atoms with Gasteiger partial charge in [-0.3, -0.25) is 10.1 Å². The second-order valence-corrected chi connectivity index (χ2v) is 9.35. The maximum absolute atomic E-state index is 12.5. The van der Waals surface area contributed by atoms with E-state index in [1.54, 1.807) is 31.4 Å². The number of hydrogen-bond donors (Lipinski definition) is 3. The average molecular weight is 496 g/mol. The SMILES string of the molecule is COc1ccccc1/C=C/C(=O)NC(=S)Nc1ccc(S(=O)(=O)NCCc2ccccc2)cc1. The molecule has 7 nitrogen and oxygen atoms in total. The van der Waals surface area contributed by atoms with E-state index in [2.05, 4.69) is 15.4 Å². The number of amides is 1. The van der Waals surface area contributed by atoms with Crippen LogP contribution in [0.2, 0.25) is 0 Å². The highest BCUT2D eigenvalue weighted by atomic mass is 32.2. The van der Waals surface area contributed by atoms with E-state index >= 15 is 0 Å². The number of hydrogen-bond acceptors (Lipinski definition) is 5. The highest BCUT2D eigenvalue weighted by molar-refractivity contribution is 7.89. The summed E-state index contributed by atoms with van der Waals surface area (Å²) in [5.41, 5.74) is 2.36. The largest absolute Gasteiger partial charge is 0.496 e. The lowest BCUT2D eigenvalue weighted by molar-refractivity contribution is -0.115. The minimum absolute atomic E-state index is 0.0891. The number of para-hydroxylation sites is 1. The van der Waals surface area contributed by atoms with Gasteiger partial charge in [0.05, 0.1) is 12.0 Å². The number of carbonyl (C=O) groups excluding carboxylic acids is 1. The number of sulfonamides is 1. The van der Waals surface area contributed by atoms with E-state index in [1.165, 1.54) is 18.2 Å². The van der Waals surface area contributed by atoms with E-state index < -0.39 is 15.9 Å². The van der Waals surface area contributed by atoms with E-state index in [4.69, 9.17) is 17.0 Å². The average Bonchev–Trinajstić information content (AvgIpc) is 2.83. The number of benzene rings is 3. The maximum Gasteiger partial charge on any atom is 0.250 e. The number of methoxy groups -OCH3 is 1. The van der Waals surface area contributed by atoms with Crippen LogP contribution in [0.15, 0.2) is 89.8 Å². The topological polar surface area (TPSA) is 96.5 Å². The van der Waals surface area contributed by atoms with Gasteiger partial charge in [-0.25, -0.2) is 13.1 Å². The third-order valence-electron chi connectivity index (χ3n) is 4.76. The molecule has 3 rings (SSSR count). The van der Waals surface area contributed by atoms with Crippen LogP contribution in [0.25, 0.3) is 6.08 Å². The number of thiocarbonyl (C=S) groups is 1. The van der Waals surface area contributed by atoms with Crippen LogP contribution >= 0.6 is 12.2 Å². The predicted molar refractivity (Wildman–Crippen MR) is 138 cm³/mol. The van der Waals surface area contributed by atoms with Crippen LogP contribution in [0.3, 0.4) is 0 Å². The predicted octanol–water partition coefficient (Wildman–Crippen LogP) is 3.74. The van der Waals surface area contributed by atoms with Crippen molar-refractivity contribution in [1.29, 1.82) is 0 Å². The zero-order valence-corrected chi connectivity index (χ0v) is 20.2. The van der Waals surface area contributed by atoms with Crippen molar-refractivity contribution in [2.24, 2.45) is 0 Å². The first-order valence-corrected chi connectivity index (χ1v) is 12.3. The number of carbonyl (C=O) groups is 1. The molecule has 0 atom stereocenters. The summed E-state index contributed by atoms with van der Waals surface area (Å²) in [6.45, 7) is 0.296. The van der Waals surface area contributed by atoms with E-state index in [9.17, 15) is 13.2 Å². The van der Waals surface area contributed by atoms with Gasteiger partial charge in [0.1, 0.15) is 5.75 Å². The Morgan fingerprint density at radius 3 is 2.35 bits per heavy atom. The Bertz CT molecular complexity index is 1260. The summed E-state index contributed by atoms with van der Waals surface area (Å²) in [5.74, 6) is 0.238. The molecule has 0 bridgehead atoms. The molecule has 0 spiro atoms. The van der Waals surface area contributed by atoms with Crippen LogP contribution in [0, 0.1) is 0 Å². The molecule has 1 amide bonds. The lowest BCUT2D eigenvalue weighted by Gasteiger charge is -2.10. The Morgan fingerprint density at radius 2 is 1.65 bits per heavy atom. The van der Waals surface area contributed by atoms with Crippen molar-refractivity contribution >= 4 is 45.0 Å². The van der Waals surface area contributed by atoms with Crippen molar-refractivity contribution in [3.05, 3.63) is 96.1 Å². The van der Waals surface area contributed by atoms with Gasteiger partial charge in [0, 0.05) is 23.9 Å². The number of rotatable bonds is 9. The molecule has 176 valence electrons. The molecule has 3 aromatic rings. The third kappa shape index (κ3) is 7.51. The van der Waals surface area contributed by atoms with Crippen molar-refractivity contribution in [2.75, 3.05) is 19.0 Å². The number of anilines is 1. The van der Waals surface area contributed by atoms with Gasteiger partial charge in [0.2, 0.25) is 15.9 Å². The van der Waals surface area contributed by atoms with Gasteiger partial charge in [0.15, 0.2) is 5.11 Å². The summed E-state index contributed by atoms with van der Waals surface area (Å²) in [6.07, 6.45) is 3.57. The zero-order chi connectivity index (χ0) is 24.4. The third-order valence-corrected chi connectivity index (χ3v) is 6.44. The van der Waals surface area contributed by atoms with Crippen molar-refractivity contribution in [3.63, 3.8) is 0 Å². The molecule has 34 heavy (non-hydrogen) atoms. The molecule has 9 heteroatoms. The maximum atomic E-state index is 12.5. The quantitative estimate of drug-likeness (QED) is 0.309. The van der Waals surface area contributed by atoms with Crippen LogP contribution in [-0.4, -0.2) is 33.1 Å². The Labute approximate surface area is 204 Å². The van der Waals surface area contributed by atoms with E-state index in [-0.39, 0.29) is 10.0 Å². The van der Waals surface area contributed by atoms with Crippen LogP contribution in [0.5, 0.6) is 5.75 Å². The van der Waals surface area contributed by atoms with E-state index in [0.717, 1.165) is 11.1 Å². The van der Waals surface area contributed by atoms with Gasteiger partial charge in [-0.1, -0.05) is 48.5 Å². The van der Waals surface area contributed by atoms with Crippen molar-refractivity contribution in [3.8, 4) is 5.75 Å². The Balaban J connectivity index is 1.50. The molecule has 3 aromatic carbocycles. The molecule has 0 saturated carbocycles. The van der Waals surface area contributed by atoms with Crippen LogP contribution < -0.4 is 20.1 Å². The lowest BCUT2D eigenvalue weighted by atomic mass is 10.2. The molecule has 0 heterocycles. The number of ether oxygens (including phenoxy) is 1. The fourth-order valence-corrected chi connectivity index (χ4v) is 4.31. The Morgan fingerprint density at radius 1 is 0.971 bits per heavy atom. The molecular formula is C25H25N3O4S2. The lowest BCUT2D eigenvalue weighted by Crippen LogP contribution is -2.32. The number of nitrogens with one attached hydrogen (secondary N) is 3. The second-order valence-electron chi connectivity index (χ2n) is 7.18. The molecule has 0 aliphatic carbocycles. The highest BCUT2D eigenvalue weighted by Gasteiger charge is 2.13. The normalized spacial score (nSPS) is 11.2. The van der Waals surface area contributed by atoms with Crippen LogP contribution in [0.4, 0.5) is 5.69 Å². The standard InChI is InChI=1S/C25H25N3O4S2/c1-32-23-10-6-5-9-20(23)11-16-24(29)28-25(33)27-21-12-14-22(15-13-21)34(30,31)26-18-17-19-7-3-2-4-8-19/h2-16,26H,17-18H2,1H3,(H2,27,28,29,33)/b16-11+. The summed E-state index contributed by atoms with van der Waals surface area (Å²) in [4.78, 5) is 12.3. The van der Waals surface area contributed by atoms with Crippen LogP contribution in [-0.2, 0) is 21.2 Å². The molecule has 0 radical (unpaired) electrons. The van der Waals surface area contributed by atoms with Gasteiger partial charge in [-0.15, -0.1) is 0 Å². The highest BCUT2D eigenvalue weighted by Crippen LogP contribution is 2.18. The minimum Gasteiger partial charge on any atom is -0.496 e. The molecule has 0 fully saturated rings. The summed E-state index contributed by atoms with van der Waals surface area (Å²) in [5, 5.41) is 5.50. The fraction of sp³-hybridized carbons (Fsp3) is 0.120. The first-order chi connectivity index (χ1) is 16.4. The molecule has 3 N–H and O–H groups in total. The van der Waals surface area contributed by atoms with Gasteiger partial charge in [-0.05, 0) is 60.6 Å². The van der Waals surface area contributed by atoms with Crippen molar-refractivity contribution < 1.29 is 17.9 Å². The van der Waals surface area contributed by atoms with E-state index in [1.807, 2.05) is 48.5 Å². The minimum atomic E-state index is -3.63. The van der Waals surface area contributed by atoms with Gasteiger partial charge < -0.3 is 10.1 Å². The monoisotopic (exact) mass is 495 g/mol. The fourth-order valence-electron chi connectivity index (χ4n) is 3.06. The van der Waals surface area contributed by atoms with E-state index in [0.29, 0.717) is 24.4 Å². The second kappa shape index (κ2) is 12.1. The first-order valence-electron chi connectivity index (χ1n) is 10.4. The van der Waals surface area contributed by atoms with Gasteiger partial charge >= 0.3 is 0 Å². The first kappa shape index (κ1) is 25.1. The summed E-state index contributed by atoms with van der Waals surface area (Å²) < 4.78 is 32.9. The Hall–Kier alpha value is -3.53. The molecule has 0 unspecified atom stereocenters. The van der Waals surface area contributed by atoms with Crippen molar-refractivity contribution in [1.82, 2.24) is 10.0 Å². The molecule has 0 saturated heterocycles. The zero-order valence-electron chi connectivity index (χ0n) is 18.5. The summed E-state index contributed by atoms with van der Waals surface area (Å²) in [7, 11) is -2.08. The van der Waals surface area contributed by atoms with Gasteiger partial charge in [-0.2, -0.15) is 0 Å². The Kier molecular flexibility index (Phi) is 8.92. The molecule has 0 aliphatic rings. The van der Waals surface area contributed by atoms with Crippen molar-refractivity contribution in [2.45, 2.75) is 11.3 Å². The summed E-state index contributed by atoms with van der Waals surface area (Å²) in [6, 6.07) is 23.1. The van der Waals surface area contributed by atoms with Crippen LogP contribution in [0.1, 0.15) is 11.1 Å². The van der Waals surface area contributed by atoms with Gasteiger partial charge in [0.25, 0.3) is 0 Å². The molecule has 0 aliphatic heterocycles. The summed E-state index contributed by atoms with van der Waals surface area (Å²) >= 11 is 5.17. The smallest absolute Gasteiger partial charge is 0.250 e. The molecular weight excluding hydrogens is 470 g/mol. The molecule has 0 aromatic heterocycles.